The lowest BCUT2D eigenvalue weighted by Crippen LogP contribution is -2.38. The molecule has 1 unspecified atom stereocenters. The Morgan fingerprint density at radius 2 is 1.86 bits per heavy atom. The molecular weight excluding hydrogens is 561 g/mol. The zero-order valence-electron chi connectivity index (χ0n) is 23.9. The number of rotatable bonds is 4. The summed E-state index contributed by atoms with van der Waals surface area (Å²) in [6.45, 7) is 7.64. The first-order valence-electron chi connectivity index (χ1n) is 14.0. The summed E-state index contributed by atoms with van der Waals surface area (Å²) in [5.74, 6) is -1.84. The summed E-state index contributed by atoms with van der Waals surface area (Å²) < 4.78 is 86.3. The fraction of sp³-hybridized carbons (Fsp3) is 0.536. The molecule has 1 aromatic carbocycles. The van der Waals surface area contributed by atoms with Crippen LogP contribution in [0.15, 0.2) is 6.07 Å². The van der Waals surface area contributed by atoms with Crippen molar-refractivity contribution < 1.29 is 31.4 Å². The third-order valence-corrected chi connectivity index (χ3v) is 7.65. The number of aromatic nitrogens is 3. The number of ether oxygens (including phenoxy) is 2. The average Bonchev–Trinajstić information content (AvgIpc) is 2.99. The second-order valence-electron chi connectivity index (χ2n) is 10.5. The molecule has 3 N–H and O–H groups in total. The minimum absolute atomic E-state index is 0.0733. The van der Waals surface area contributed by atoms with E-state index < -0.39 is 46.3 Å². The maximum absolute atomic E-state index is 16.6. The first-order valence-corrected chi connectivity index (χ1v) is 14.0. The monoisotopic (exact) mass is 595 g/mol. The van der Waals surface area contributed by atoms with Gasteiger partial charge in [0.2, 0.25) is 11.8 Å². The van der Waals surface area contributed by atoms with Gasteiger partial charge in [-0.1, -0.05) is 6.92 Å². The van der Waals surface area contributed by atoms with Crippen LogP contribution in [0.3, 0.4) is 0 Å². The summed E-state index contributed by atoms with van der Waals surface area (Å²) in [5, 5.41) is 9.41. The van der Waals surface area contributed by atoms with Crippen molar-refractivity contribution in [3.63, 3.8) is 0 Å². The molecule has 2 aliphatic rings. The van der Waals surface area contributed by atoms with E-state index in [1.165, 1.54) is 7.05 Å². The molecule has 0 spiro atoms. The Bertz CT molecular complexity index is 1460. The van der Waals surface area contributed by atoms with Crippen LogP contribution in [-0.2, 0) is 10.9 Å². The molecule has 2 aliphatic heterocycles. The molecular formula is C28H34F5N7O2. The molecule has 9 nitrogen and oxygen atoms in total. The Morgan fingerprint density at radius 3 is 2.52 bits per heavy atom. The third kappa shape index (κ3) is 5.74. The van der Waals surface area contributed by atoms with E-state index in [0.717, 1.165) is 19.4 Å². The Kier molecular flexibility index (Phi) is 8.56. The Morgan fingerprint density at radius 1 is 1.12 bits per heavy atom. The van der Waals surface area contributed by atoms with Gasteiger partial charge in [0.25, 0.3) is 0 Å². The van der Waals surface area contributed by atoms with Crippen LogP contribution in [0.1, 0.15) is 37.8 Å². The molecule has 0 radical (unpaired) electrons. The molecule has 0 bridgehead atoms. The average molecular weight is 596 g/mol. The number of hydrogen-bond acceptors (Lipinski definition) is 9. The number of anilines is 3. The number of morpholine rings is 1. The van der Waals surface area contributed by atoms with Crippen LogP contribution in [0.2, 0.25) is 0 Å². The highest BCUT2D eigenvalue weighted by molar-refractivity contribution is 5.97. The molecule has 1 fully saturated rings. The molecule has 2 atom stereocenters. The highest BCUT2D eigenvalue weighted by atomic mass is 19.4. The Labute approximate surface area is 240 Å². The number of nitrogens with zero attached hydrogens (tertiary/aromatic N) is 4. The van der Waals surface area contributed by atoms with Crippen molar-refractivity contribution in [1.29, 1.82) is 0 Å². The van der Waals surface area contributed by atoms with Gasteiger partial charge in [-0.25, -0.2) is 18.7 Å². The van der Waals surface area contributed by atoms with Gasteiger partial charge in [0.15, 0.2) is 5.82 Å². The lowest BCUT2D eigenvalue weighted by atomic mass is 9.96. The Balaban J connectivity index is 1.83. The molecule has 2 aromatic heterocycles. The van der Waals surface area contributed by atoms with E-state index in [1.807, 2.05) is 11.8 Å². The summed E-state index contributed by atoms with van der Waals surface area (Å²) in [4.78, 5) is 15.4. The number of benzene rings is 1. The second-order valence-corrected chi connectivity index (χ2v) is 10.5. The van der Waals surface area contributed by atoms with Crippen LogP contribution in [0.25, 0.3) is 22.2 Å². The van der Waals surface area contributed by atoms with Gasteiger partial charge in [0.1, 0.15) is 28.2 Å². The minimum Gasteiger partial charge on any atom is -0.474 e. The zero-order chi connectivity index (χ0) is 30.2. The molecule has 14 heteroatoms. The first-order chi connectivity index (χ1) is 20.0. The smallest absolute Gasteiger partial charge is 0.417 e. The SMILES string of the molecule is CC[C@@H]1CNc2nc(N3CCOCC3)nc3c(F)c(-c4cc(NC)c(F)c(C)c4C(F)(F)F)nc(c23)OC(C)CCN1. The second kappa shape index (κ2) is 12.0. The lowest BCUT2D eigenvalue weighted by molar-refractivity contribution is -0.137. The van der Waals surface area contributed by atoms with Crippen molar-refractivity contribution in [2.75, 3.05) is 62.0 Å². The van der Waals surface area contributed by atoms with Crippen LogP contribution < -0.4 is 25.6 Å². The first kappa shape index (κ1) is 30.0. The van der Waals surface area contributed by atoms with E-state index in [4.69, 9.17) is 14.5 Å². The predicted molar refractivity (Wildman–Crippen MR) is 150 cm³/mol. The van der Waals surface area contributed by atoms with E-state index >= 15 is 4.39 Å². The quantitative estimate of drug-likeness (QED) is 0.355. The summed E-state index contributed by atoms with van der Waals surface area (Å²) in [5.41, 5.74) is -3.74. The molecule has 4 heterocycles. The van der Waals surface area contributed by atoms with E-state index in [0.29, 0.717) is 45.8 Å². The van der Waals surface area contributed by atoms with Gasteiger partial charge in [0.05, 0.1) is 30.6 Å². The molecule has 0 saturated carbocycles. The fourth-order valence-electron chi connectivity index (χ4n) is 5.27. The van der Waals surface area contributed by atoms with Gasteiger partial charge in [-0.3, -0.25) is 0 Å². The third-order valence-electron chi connectivity index (χ3n) is 7.65. The molecule has 3 aromatic rings. The predicted octanol–water partition coefficient (Wildman–Crippen LogP) is 5.13. The van der Waals surface area contributed by atoms with E-state index in [2.05, 4.69) is 25.9 Å². The van der Waals surface area contributed by atoms with Crippen molar-refractivity contribution >= 4 is 28.4 Å². The molecule has 5 rings (SSSR count). The van der Waals surface area contributed by atoms with E-state index in [9.17, 15) is 17.6 Å². The van der Waals surface area contributed by atoms with E-state index in [1.54, 1.807) is 6.92 Å². The maximum atomic E-state index is 16.6. The van der Waals surface area contributed by atoms with Crippen molar-refractivity contribution in [3.05, 3.63) is 28.8 Å². The molecule has 1 saturated heterocycles. The molecule has 42 heavy (non-hydrogen) atoms. The zero-order valence-corrected chi connectivity index (χ0v) is 23.9. The van der Waals surface area contributed by atoms with E-state index in [-0.39, 0.29) is 40.3 Å². The van der Waals surface area contributed by atoms with Gasteiger partial charge >= 0.3 is 6.18 Å². The standard InChI is InChI=1S/C28H34F5N7O2/c1-5-16-13-36-25-19-24(38-27(39-25)40-8-10-41-11-9-40)22(30)23(37-26(19)42-14(2)6-7-35-16)17-12-18(34-4)21(29)15(3)20(17)28(31,32)33/h12,14,16,34-35H,5-11,13H2,1-4H3,(H,36,38,39)/t14?,16-/m1/s1. The number of hydrogen-bond donors (Lipinski definition) is 3. The number of pyridine rings is 1. The van der Waals surface area contributed by atoms with Crippen LogP contribution >= 0.6 is 0 Å². The van der Waals surface area contributed by atoms with Gasteiger partial charge in [-0.2, -0.15) is 18.2 Å². The van der Waals surface area contributed by atoms with Crippen molar-refractivity contribution in [2.24, 2.45) is 0 Å². The van der Waals surface area contributed by atoms with Crippen LogP contribution in [-0.4, -0.2) is 73.5 Å². The molecule has 228 valence electrons. The van der Waals surface area contributed by atoms with Crippen LogP contribution in [0.5, 0.6) is 5.88 Å². The fourth-order valence-corrected chi connectivity index (χ4v) is 5.27. The summed E-state index contributed by atoms with van der Waals surface area (Å²) >= 11 is 0. The number of halogens is 5. The minimum atomic E-state index is -5.00. The lowest BCUT2D eigenvalue weighted by Gasteiger charge is -2.28. The Hall–Kier alpha value is -3.52. The van der Waals surface area contributed by atoms with Crippen molar-refractivity contribution in [2.45, 2.75) is 51.9 Å². The highest BCUT2D eigenvalue weighted by Gasteiger charge is 2.39. The van der Waals surface area contributed by atoms with Crippen molar-refractivity contribution in [1.82, 2.24) is 20.3 Å². The van der Waals surface area contributed by atoms with Gasteiger partial charge < -0.3 is 30.3 Å². The van der Waals surface area contributed by atoms with Crippen molar-refractivity contribution in [3.8, 4) is 17.1 Å². The van der Waals surface area contributed by atoms with Crippen LogP contribution in [0.4, 0.5) is 39.4 Å². The molecule has 0 amide bonds. The highest BCUT2D eigenvalue weighted by Crippen LogP contribution is 2.45. The normalized spacial score (nSPS) is 20.1. The van der Waals surface area contributed by atoms with Gasteiger partial charge in [-0.15, -0.1) is 0 Å². The summed E-state index contributed by atoms with van der Waals surface area (Å²) in [6.07, 6.45) is -4.06. The van der Waals surface area contributed by atoms with Gasteiger partial charge in [0, 0.05) is 38.3 Å². The number of nitrogens with one attached hydrogen (secondary N) is 3. The van der Waals surface area contributed by atoms with Gasteiger partial charge in [-0.05, 0) is 44.9 Å². The summed E-state index contributed by atoms with van der Waals surface area (Å²) in [7, 11) is 1.37. The topological polar surface area (TPSA) is 96.5 Å². The molecule has 0 aliphatic carbocycles. The number of alkyl halides is 3. The largest absolute Gasteiger partial charge is 0.474 e. The van der Waals surface area contributed by atoms with Crippen LogP contribution in [0, 0.1) is 18.6 Å². The summed E-state index contributed by atoms with van der Waals surface area (Å²) in [6, 6.07) is 0.993. The maximum Gasteiger partial charge on any atom is 0.417 e.